The molecule has 0 atom stereocenters. The van der Waals surface area contributed by atoms with Crippen LogP contribution in [0.4, 0.5) is 0 Å². The van der Waals surface area contributed by atoms with E-state index in [9.17, 15) is 4.79 Å². The molecule has 0 unspecified atom stereocenters. The SMILES string of the molecule is Cc1ccc(C(=O)NC2CC(O)C2)cc1Br. The van der Waals surface area contributed by atoms with Crippen LogP contribution in [-0.4, -0.2) is 23.2 Å². The first kappa shape index (κ1) is 11.6. The van der Waals surface area contributed by atoms with Gasteiger partial charge in [-0.1, -0.05) is 22.0 Å². The highest BCUT2D eigenvalue weighted by molar-refractivity contribution is 9.10. The Labute approximate surface area is 103 Å². The van der Waals surface area contributed by atoms with Crippen LogP contribution in [-0.2, 0) is 0 Å². The van der Waals surface area contributed by atoms with Crippen LogP contribution in [0.1, 0.15) is 28.8 Å². The molecule has 1 saturated carbocycles. The minimum Gasteiger partial charge on any atom is -0.393 e. The predicted molar refractivity (Wildman–Crippen MR) is 65.4 cm³/mol. The molecule has 0 aromatic heterocycles. The van der Waals surface area contributed by atoms with Gasteiger partial charge >= 0.3 is 0 Å². The van der Waals surface area contributed by atoms with Gasteiger partial charge in [0.2, 0.25) is 0 Å². The summed E-state index contributed by atoms with van der Waals surface area (Å²) in [6.07, 6.45) is 1.09. The average Bonchev–Trinajstić information content (AvgIpc) is 2.19. The summed E-state index contributed by atoms with van der Waals surface area (Å²) in [6.45, 7) is 1.98. The summed E-state index contributed by atoms with van der Waals surface area (Å²) in [5, 5.41) is 12.0. The summed E-state index contributed by atoms with van der Waals surface area (Å²) < 4.78 is 0.939. The smallest absolute Gasteiger partial charge is 0.251 e. The van der Waals surface area contributed by atoms with E-state index >= 15 is 0 Å². The fraction of sp³-hybridized carbons (Fsp3) is 0.417. The monoisotopic (exact) mass is 283 g/mol. The third-order valence-electron chi connectivity index (χ3n) is 2.88. The number of rotatable bonds is 2. The molecule has 1 fully saturated rings. The second-order valence-corrected chi connectivity index (χ2v) is 5.11. The van der Waals surface area contributed by atoms with Crippen molar-refractivity contribution in [1.29, 1.82) is 0 Å². The van der Waals surface area contributed by atoms with E-state index in [-0.39, 0.29) is 18.1 Å². The van der Waals surface area contributed by atoms with Crippen molar-refractivity contribution in [2.24, 2.45) is 0 Å². The molecule has 4 heteroatoms. The summed E-state index contributed by atoms with van der Waals surface area (Å²) in [5.74, 6) is -0.0717. The maximum absolute atomic E-state index is 11.8. The van der Waals surface area contributed by atoms with Crippen molar-refractivity contribution < 1.29 is 9.90 Å². The minimum atomic E-state index is -0.241. The largest absolute Gasteiger partial charge is 0.393 e. The van der Waals surface area contributed by atoms with Crippen LogP contribution in [0.25, 0.3) is 0 Å². The van der Waals surface area contributed by atoms with Gasteiger partial charge in [-0.15, -0.1) is 0 Å². The Morgan fingerprint density at radius 3 is 2.75 bits per heavy atom. The predicted octanol–water partition coefficient (Wildman–Crippen LogP) is 2.01. The van der Waals surface area contributed by atoms with Crippen LogP contribution in [0, 0.1) is 6.92 Å². The number of amides is 1. The Hall–Kier alpha value is -0.870. The quantitative estimate of drug-likeness (QED) is 0.872. The molecule has 2 rings (SSSR count). The number of hydrogen-bond donors (Lipinski definition) is 2. The molecule has 0 radical (unpaired) electrons. The maximum atomic E-state index is 11.8. The number of aliphatic hydroxyl groups is 1. The van der Waals surface area contributed by atoms with Crippen molar-refractivity contribution in [3.8, 4) is 0 Å². The lowest BCUT2D eigenvalue weighted by molar-refractivity contribution is 0.0562. The van der Waals surface area contributed by atoms with Crippen molar-refractivity contribution in [2.75, 3.05) is 0 Å². The second-order valence-electron chi connectivity index (χ2n) is 4.26. The fourth-order valence-corrected chi connectivity index (χ4v) is 2.09. The van der Waals surface area contributed by atoms with Crippen molar-refractivity contribution >= 4 is 21.8 Å². The van der Waals surface area contributed by atoms with Gasteiger partial charge in [-0.3, -0.25) is 4.79 Å². The molecule has 1 aromatic rings. The molecule has 1 amide bonds. The number of hydrogen-bond acceptors (Lipinski definition) is 2. The van der Waals surface area contributed by atoms with Crippen molar-refractivity contribution in [2.45, 2.75) is 31.9 Å². The average molecular weight is 284 g/mol. The molecule has 1 aliphatic carbocycles. The number of benzene rings is 1. The molecule has 1 aliphatic rings. The number of halogens is 1. The molecule has 3 nitrogen and oxygen atoms in total. The van der Waals surface area contributed by atoms with Crippen LogP contribution in [0.2, 0.25) is 0 Å². The molecule has 2 N–H and O–H groups in total. The molecule has 0 bridgehead atoms. The lowest BCUT2D eigenvalue weighted by Gasteiger charge is -2.31. The zero-order chi connectivity index (χ0) is 11.7. The molecule has 0 heterocycles. The van der Waals surface area contributed by atoms with E-state index in [1.807, 2.05) is 25.1 Å². The van der Waals surface area contributed by atoms with E-state index < -0.39 is 0 Å². The summed E-state index contributed by atoms with van der Waals surface area (Å²) in [5.41, 5.74) is 1.76. The standard InChI is InChI=1S/C12H14BrNO2/c1-7-2-3-8(4-11(7)13)12(16)14-9-5-10(15)6-9/h2-4,9-10,15H,5-6H2,1H3,(H,14,16). The summed E-state index contributed by atoms with van der Waals surface area (Å²) >= 11 is 3.40. The number of carbonyl (C=O) groups is 1. The number of aliphatic hydroxyl groups excluding tert-OH is 1. The lowest BCUT2D eigenvalue weighted by Crippen LogP contribution is -2.46. The highest BCUT2D eigenvalue weighted by Crippen LogP contribution is 2.21. The van der Waals surface area contributed by atoms with E-state index in [2.05, 4.69) is 21.2 Å². The van der Waals surface area contributed by atoms with Gasteiger partial charge in [-0.05, 0) is 37.5 Å². The van der Waals surface area contributed by atoms with Gasteiger partial charge < -0.3 is 10.4 Å². The molecular weight excluding hydrogens is 270 g/mol. The maximum Gasteiger partial charge on any atom is 0.251 e. The third kappa shape index (κ3) is 2.44. The van der Waals surface area contributed by atoms with Crippen LogP contribution in [0.3, 0.4) is 0 Å². The van der Waals surface area contributed by atoms with E-state index in [0.29, 0.717) is 18.4 Å². The van der Waals surface area contributed by atoms with Crippen molar-refractivity contribution in [3.63, 3.8) is 0 Å². The minimum absolute atomic E-state index is 0.0717. The Bertz CT molecular complexity index is 413. The molecular formula is C12H14BrNO2. The number of aryl methyl sites for hydroxylation is 1. The van der Waals surface area contributed by atoms with Gasteiger partial charge in [-0.25, -0.2) is 0 Å². The molecule has 0 spiro atoms. The Balaban J connectivity index is 2.01. The van der Waals surface area contributed by atoms with Crippen molar-refractivity contribution in [1.82, 2.24) is 5.32 Å². The van der Waals surface area contributed by atoms with Crippen LogP contribution in [0.5, 0.6) is 0 Å². The lowest BCUT2D eigenvalue weighted by atomic mass is 9.89. The Morgan fingerprint density at radius 2 is 2.19 bits per heavy atom. The molecule has 16 heavy (non-hydrogen) atoms. The highest BCUT2D eigenvalue weighted by Gasteiger charge is 2.28. The van der Waals surface area contributed by atoms with Crippen LogP contribution in [0.15, 0.2) is 22.7 Å². The van der Waals surface area contributed by atoms with E-state index in [1.54, 1.807) is 0 Å². The molecule has 0 saturated heterocycles. The summed E-state index contributed by atoms with van der Waals surface area (Å²) in [6, 6.07) is 5.67. The summed E-state index contributed by atoms with van der Waals surface area (Å²) in [4.78, 5) is 11.8. The van der Waals surface area contributed by atoms with Gasteiger partial charge in [0.1, 0.15) is 0 Å². The van der Waals surface area contributed by atoms with E-state index in [4.69, 9.17) is 5.11 Å². The first-order chi connectivity index (χ1) is 7.56. The number of carbonyl (C=O) groups excluding carboxylic acids is 1. The van der Waals surface area contributed by atoms with Gasteiger partial charge in [-0.2, -0.15) is 0 Å². The topological polar surface area (TPSA) is 49.3 Å². The Morgan fingerprint density at radius 1 is 1.50 bits per heavy atom. The van der Waals surface area contributed by atoms with Gasteiger partial charge in [0, 0.05) is 16.1 Å². The fourth-order valence-electron chi connectivity index (χ4n) is 1.71. The van der Waals surface area contributed by atoms with Crippen molar-refractivity contribution in [3.05, 3.63) is 33.8 Å². The van der Waals surface area contributed by atoms with Gasteiger partial charge in [0.05, 0.1) is 6.10 Å². The summed E-state index contributed by atoms with van der Waals surface area (Å²) in [7, 11) is 0. The zero-order valence-electron chi connectivity index (χ0n) is 9.03. The van der Waals surface area contributed by atoms with E-state index in [0.717, 1.165) is 10.0 Å². The van der Waals surface area contributed by atoms with Gasteiger partial charge in [0.15, 0.2) is 0 Å². The normalized spacial score (nSPS) is 23.7. The first-order valence-electron chi connectivity index (χ1n) is 5.31. The van der Waals surface area contributed by atoms with Crippen LogP contribution >= 0.6 is 15.9 Å². The third-order valence-corrected chi connectivity index (χ3v) is 3.74. The first-order valence-corrected chi connectivity index (χ1v) is 6.10. The van der Waals surface area contributed by atoms with Crippen LogP contribution < -0.4 is 5.32 Å². The number of nitrogens with one attached hydrogen (secondary N) is 1. The highest BCUT2D eigenvalue weighted by atomic mass is 79.9. The Kier molecular flexibility index (Phi) is 3.30. The molecule has 0 aliphatic heterocycles. The van der Waals surface area contributed by atoms with E-state index in [1.165, 1.54) is 0 Å². The molecule has 86 valence electrons. The second kappa shape index (κ2) is 4.55. The molecule has 1 aromatic carbocycles. The van der Waals surface area contributed by atoms with Gasteiger partial charge in [0.25, 0.3) is 5.91 Å². The zero-order valence-corrected chi connectivity index (χ0v) is 10.6.